The molecule has 0 amide bonds. The number of hydrogen-bond acceptors (Lipinski definition) is 5. The minimum absolute atomic E-state index is 0.318. The van der Waals surface area contributed by atoms with E-state index in [1.165, 1.54) is 0 Å². The van der Waals surface area contributed by atoms with Crippen LogP contribution < -0.4 is 11.3 Å². The highest BCUT2D eigenvalue weighted by Gasteiger charge is 2.15. The zero-order valence-corrected chi connectivity index (χ0v) is 11.7. The molecule has 0 aliphatic rings. The van der Waals surface area contributed by atoms with Gasteiger partial charge in [-0.3, -0.25) is 4.98 Å². The Hall–Kier alpha value is -2.01. The first-order valence-corrected chi connectivity index (χ1v) is 6.30. The lowest BCUT2D eigenvalue weighted by Gasteiger charge is -2.15. The summed E-state index contributed by atoms with van der Waals surface area (Å²) in [6.07, 6.45) is 3.55. The van der Waals surface area contributed by atoms with Crippen molar-refractivity contribution in [2.45, 2.75) is 33.6 Å². The van der Waals surface area contributed by atoms with Crippen molar-refractivity contribution in [3.05, 3.63) is 35.3 Å². The normalized spacial score (nSPS) is 10.8. The average Bonchev–Trinajstić information content (AvgIpc) is 2.37. The zero-order valence-electron chi connectivity index (χ0n) is 11.7. The van der Waals surface area contributed by atoms with Crippen LogP contribution in [0, 0.1) is 13.8 Å². The van der Waals surface area contributed by atoms with E-state index >= 15 is 0 Å². The molecule has 2 aromatic rings. The Morgan fingerprint density at radius 2 is 1.95 bits per heavy atom. The maximum atomic E-state index is 5.59. The summed E-state index contributed by atoms with van der Waals surface area (Å²) in [6.45, 7) is 8.18. The van der Waals surface area contributed by atoms with Crippen LogP contribution in [0.4, 0.5) is 5.82 Å². The molecule has 0 aliphatic heterocycles. The fourth-order valence-corrected chi connectivity index (χ4v) is 2.23. The van der Waals surface area contributed by atoms with Gasteiger partial charge in [-0.1, -0.05) is 13.8 Å². The molecular formula is C14H19N5. The van der Waals surface area contributed by atoms with Gasteiger partial charge in [0, 0.05) is 29.2 Å². The van der Waals surface area contributed by atoms with Gasteiger partial charge >= 0.3 is 0 Å². The van der Waals surface area contributed by atoms with Gasteiger partial charge in [0.15, 0.2) is 5.82 Å². The fourth-order valence-electron chi connectivity index (χ4n) is 2.23. The number of aromatic nitrogens is 3. The van der Waals surface area contributed by atoms with Crippen molar-refractivity contribution in [1.29, 1.82) is 0 Å². The number of aryl methyl sites for hydroxylation is 2. The van der Waals surface area contributed by atoms with Crippen molar-refractivity contribution >= 4 is 5.82 Å². The van der Waals surface area contributed by atoms with Gasteiger partial charge in [0.2, 0.25) is 0 Å². The molecule has 0 saturated carbocycles. The topological polar surface area (TPSA) is 76.7 Å². The third-order valence-electron chi connectivity index (χ3n) is 3.11. The van der Waals surface area contributed by atoms with Gasteiger partial charge in [-0.15, -0.1) is 0 Å². The summed E-state index contributed by atoms with van der Waals surface area (Å²) in [5, 5.41) is 0. The van der Waals surface area contributed by atoms with E-state index in [2.05, 4.69) is 34.2 Å². The highest BCUT2D eigenvalue weighted by Crippen LogP contribution is 2.28. The summed E-state index contributed by atoms with van der Waals surface area (Å²) in [6, 6.07) is 1.92. The molecule has 0 aliphatic carbocycles. The molecular weight excluding hydrogens is 238 g/mol. The Morgan fingerprint density at radius 3 is 2.53 bits per heavy atom. The Morgan fingerprint density at radius 1 is 1.21 bits per heavy atom. The minimum atomic E-state index is 0.318. The van der Waals surface area contributed by atoms with Crippen LogP contribution in [-0.2, 0) is 0 Å². The van der Waals surface area contributed by atoms with Gasteiger partial charge in [0.05, 0.1) is 0 Å². The molecule has 19 heavy (non-hydrogen) atoms. The lowest BCUT2D eigenvalue weighted by Crippen LogP contribution is -2.14. The average molecular weight is 257 g/mol. The molecule has 0 aromatic carbocycles. The third-order valence-corrected chi connectivity index (χ3v) is 3.11. The van der Waals surface area contributed by atoms with E-state index in [1.807, 2.05) is 19.9 Å². The maximum absolute atomic E-state index is 5.59. The van der Waals surface area contributed by atoms with Crippen molar-refractivity contribution in [2.75, 3.05) is 5.43 Å². The van der Waals surface area contributed by atoms with Crippen LogP contribution in [0.5, 0.6) is 0 Å². The SMILES string of the molecule is Cc1cnccc1-c1nc(C)c(C(C)C)c(NN)n1. The van der Waals surface area contributed by atoms with Crippen LogP contribution >= 0.6 is 0 Å². The standard InChI is InChI=1S/C14H19N5/c1-8(2)12-10(4)17-13(18-14(12)19-15)11-5-6-16-7-9(11)3/h5-8H,15H2,1-4H3,(H,17,18,19). The first-order chi connectivity index (χ1) is 9.04. The molecule has 0 radical (unpaired) electrons. The lowest BCUT2D eigenvalue weighted by atomic mass is 10.0. The lowest BCUT2D eigenvalue weighted by molar-refractivity contribution is 0.831. The van der Waals surface area contributed by atoms with E-state index in [-0.39, 0.29) is 0 Å². The van der Waals surface area contributed by atoms with E-state index in [0.717, 1.165) is 22.4 Å². The third kappa shape index (κ3) is 2.56. The van der Waals surface area contributed by atoms with Crippen molar-refractivity contribution < 1.29 is 0 Å². The van der Waals surface area contributed by atoms with E-state index in [9.17, 15) is 0 Å². The number of rotatable bonds is 3. The van der Waals surface area contributed by atoms with Gasteiger partial charge in [-0.05, 0) is 31.4 Å². The molecule has 0 atom stereocenters. The molecule has 5 nitrogen and oxygen atoms in total. The smallest absolute Gasteiger partial charge is 0.162 e. The number of nitrogens with two attached hydrogens (primary N) is 1. The summed E-state index contributed by atoms with van der Waals surface area (Å²) >= 11 is 0. The Labute approximate surface area is 113 Å². The first kappa shape index (κ1) is 13.4. The summed E-state index contributed by atoms with van der Waals surface area (Å²) in [5.74, 6) is 7.27. The molecule has 3 N–H and O–H groups in total. The molecule has 2 rings (SSSR count). The first-order valence-electron chi connectivity index (χ1n) is 6.30. The number of hydrogen-bond donors (Lipinski definition) is 2. The highest BCUT2D eigenvalue weighted by atomic mass is 15.3. The van der Waals surface area contributed by atoms with Crippen LogP contribution in [0.3, 0.4) is 0 Å². The molecule has 0 fully saturated rings. The molecule has 2 heterocycles. The van der Waals surface area contributed by atoms with Crippen molar-refractivity contribution in [2.24, 2.45) is 5.84 Å². The Kier molecular flexibility index (Phi) is 3.76. The Balaban J connectivity index is 2.62. The molecule has 0 unspecified atom stereocenters. The number of pyridine rings is 1. The fraction of sp³-hybridized carbons (Fsp3) is 0.357. The van der Waals surface area contributed by atoms with E-state index < -0.39 is 0 Å². The number of nitrogens with zero attached hydrogens (tertiary/aromatic N) is 3. The molecule has 0 saturated heterocycles. The second kappa shape index (κ2) is 5.32. The molecule has 5 heteroatoms. The number of nitrogens with one attached hydrogen (secondary N) is 1. The predicted molar refractivity (Wildman–Crippen MR) is 76.6 cm³/mol. The van der Waals surface area contributed by atoms with Crippen LogP contribution in [0.15, 0.2) is 18.5 Å². The van der Waals surface area contributed by atoms with Crippen LogP contribution in [-0.4, -0.2) is 15.0 Å². The van der Waals surface area contributed by atoms with Crippen LogP contribution in [0.2, 0.25) is 0 Å². The van der Waals surface area contributed by atoms with Gasteiger partial charge in [0.1, 0.15) is 5.82 Å². The minimum Gasteiger partial charge on any atom is -0.308 e. The summed E-state index contributed by atoms with van der Waals surface area (Å²) in [7, 11) is 0. The monoisotopic (exact) mass is 257 g/mol. The highest BCUT2D eigenvalue weighted by molar-refractivity contribution is 5.62. The van der Waals surface area contributed by atoms with Gasteiger partial charge in [0.25, 0.3) is 0 Å². The van der Waals surface area contributed by atoms with Crippen molar-refractivity contribution in [3.8, 4) is 11.4 Å². The second-order valence-electron chi connectivity index (χ2n) is 4.88. The van der Waals surface area contributed by atoms with Gasteiger partial charge < -0.3 is 5.43 Å². The number of anilines is 1. The summed E-state index contributed by atoms with van der Waals surface area (Å²) < 4.78 is 0. The van der Waals surface area contributed by atoms with Crippen LogP contribution in [0.1, 0.15) is 36.6 Å². The molecule has 0 spiro atoms. The Bertz CT molecular complexity index is 592. The zero-order chi connectivity index (χ0) is 14.0. The predicted octanol–water partition coefficient (Wildman–Crippen LogP) is 2.56. The second-order valence-corrected chi connectivity index (χ2v) is 4.88. The quantitative estimate of drug-likeness (QED) is 0.652. The van der Waals surface area contributed by atoms with E-state index in [4.69, 9.17) is 5.84 Å². The van der Waals surface area contributed by atoms with Gasteiger partial charge in [-0.25, -0.2) is 15.8 Å². The summed E-state index contributed by atoms with van der Waals surface area (Å²) in [5.41, 5.74) is 6.70. The number of hydrazine groups is 1. The summed E-state index contributed by atoms with van der Waals surface area (Å²) in [4.78, 5) is 13.2. The maximum Gasteiger partial charge on any atom is 0.162 e. The largest absolute Gasteiger partial charge is 0.308 e. The van der Waals surface area contributed by atoms with Crippen LogP contribution in [0.25, 0.3) is 11.4 Å². The molecule has 100 valence electrons. The van der Waals surface area contributed by atoms with E-state index in [1.54, 1.807) is 12.4 Å². The molecule has 0 bridgehead atoms. The van der Waals surface area contributed by atoms with Crippen molar-refractivity contribution in [3.63, 3.8) is 0 Å². The number of nitrogen functional groups attached to an aromatic ring is 1. The molecule has 2 aromatic heterocycles. The van der Waals surface area contributed by atoms with Crippen molar-refractivity contribution in [1.82, 2.24) is 15.0 Å². The van der Waals surface area contributed by atoms with Gasteiger partial charge in [-0.2, -0.15) is 0 Å². The van der Waals surface area contributed by atoms with E-state index in [0.29, 0.717) is 17.6 Å².